The second-order valence-electron chi connectivity index (χ2n) is 4.05. The van der Waals surface area contributed by atoms with Gasteiger partial charge < -0.3 is 15.5 Å². The molecular formula is C12H15NO4. The zero-order chi connectivity index (χ0) is 13.0. The van der Waals surface area contributed by atoms with Gasteiger partial charge in [-0.25, -0.2) is 9.59 Å². The van der Waals surface area contributed by atoms with Gasteiger partial charge in [0.1, 0.15) is 6.04 Å². The Balaban J connectivity index is 3.01. The van der Waals surface area contributed by atoms with Crippen molar-refractivity contribution >= 4 is 17.6 Å². The molecule has 1 aromatic rings. The van der Waals surface area contributed by atoms with Crippen LogP contribution in [0.2, 0.25) is 0 Å². The highest BCUT2D eigenvalue weighted by Crippen LogP contribution is 2.18. The van der Waals surface area contributed by atoms with E-state index in [0.29, 0.717) is 5.69 Å². The van der Waals surface area contributed by atoms with Crippen LogP contribution >= 0.6 is 0 Å². The maximum atomic E-state index is 11.0. The van der Waals surface area contributed by atoms with Gasteiger partial charge in [-0.1, -0.05) is 26.0 Å². The highest BCUT2D eigenvalue weighted by molar-refractivity contribution is 5.95. The van der Waals surface area contributed by atoms with Crippen LogP contribution in [-0.2, 0) is 4.79 Å². The predicted octanol–water partition coefficient (Wildman–Crippen LogP) is 1.91. The van der Waals surface area contributed by atoms with Crippen LogP contribution < -0.4 is 5.32 Å². The van der Waals surface area contributed by atoms with E-state index in [0.717, 1.165) is 0 Å². The minimum absolute atomic E-state index is 0.0689. The second-order valence-corrected chi connectivity index (χ2v) is 4.05. The quantitative estimate of drug-likeness (QED) is 0.728. The van der Waals surface area contributed by atoms with Crippen molar-refractivity contribution in [2.75, 3.05) is 5.32 Å². The monoisotopic (exact) mass is 237 g/mol. The minimum atomic E-state index is -1.08. The van der Waals surface area contributed by atoms with Crippen LogP contribution in [-0.4, -0.2) is 28.2 Å². The minimum Gasteiger partial charge on any atom is -0.480 e. The van der Waals surface area contributed by atoms with Crippen LogP contribution in [0.3, 0.4) is 0 Å². The van der Waals surface area contributed by atoms with Crippen molar-refractivity contribution in [3.05, 3.63) is 29.8 Å². The van der Waals surface area contributed by atoms with Crippen LogP contribution in [0.5, 0.6) is 0 Å². The molecule has 3 N–H and O–H groups in total. The first-order valence-corrected chi connectivity index (χ1v) is 5.25. The molecule has 0 aliphatic rings. The van der Waals surface area contributed by atoms with Gasteiger partial charge in [0.2, 0.25) is 0 Å². The van der Waals surface area contributed by atoms with Gasteiger partial charge in [0, 0.05) is 5.69 Å². The molecule has 1 atom stereocenters. The van der Waals surface area contributed by atoms with Crippen molar-refractivity contribution in [1.82, 2.24) is 0 Å². The molecule has 0 bridgehead atoms. The maximum Gasteiger partial charge on any atom is 0.337 e. The summed E-state index contributed by atoms with van der Waals surface area (Å²) in [6, 6.07) is 5.44. The molecule has 1 rings (SSSR count). The molecule has 5 heteroatoms. The van der Waals surface area contributed by atoms with E-state index in [1.807, 2.05) is 0 Å². The standard InChI is InChI=1S/C12H15NO4/c1-7(2)10(12(16)17)13-9-6-4-3-5-8(9)11(14)15/h3-7,10,13H,1-2H3,(H,14,15)(H,16,17)/t10-/m0/s1. The van der Waals surface area contributed by atoms with Crippen LogP contribution in [0.4, 0.5) is 5.69 Å². The summed E-state index contributed by atoms with van der Waals surface area (Å²) < 4.78 is 0. The summed E-state index contributed by atoms with van der Waals surface area (Å²) in [7, 11) is 0. The molecule has 0 saturated carbocycles. The first-order chi connectivity index (χ1) is 7.93. The number of hydrogen-bond acceptors (Lipinski definition) is 3. The first kappa shape index (κ1) is 13.0. The summed E-state index contributed by atoms with van der Waals surface area (Å²) in [6.45, 7) is 3.52. The lowest BCUT2D eigenvalue weighted by Crippen LogP contribution is -2.34. The Morgan fingerprint density at radius 1 is 1.18 bits per heavy atom. The number of aromatic carboxylic acids is 1. The fourth-order valence-electron chi connectivity index (χ4n) is 1.48. The van der Waals surface area contributed by atoms with Crippen LogP contribution in [0, 0.1) is 5.92 Å². The number of hydrogen-bond donors (Lipinski definition) is 3. The smallest absolute Gasteiger partial charge is 0.337 e. The second kappa shape index (κ2) is 5.34. The number of carbonyl (C=O) groups is 2. The number of carboxylic acid groups (broad SMARTS) is 2. The number of rotatable bonds is 5. The van der Waals surface area contributed by atoms with E-state index < -0.39 is 18.0 Å². The summed E-state index contributed by atoms with van der Waals surface area (Å²) in [6.07, 6.45) is 0. The SMILES string of the molecule is CC(C)[C@H](Nc1ccccc1C(=O)O)C(=O)O. The Morgan fingerprint density at radius 2 is 1.76 bits per heavy atom. The number of carboxylic acids is 2. The van der Waals surface area contributed by atoms with E-state index in [-0.39, 0.29) is 11.5 Å². The summed E-state index contributed by atoms with van der Waals surface area (Å²) in [5.41, 5.74) is 0.389. The summed E-state index contributed by atoms with van der Waals surface area (Å²) in [5, 5.41) is 20.7. The van der Waals surface area contributed by atoms with Gasteiger partial charge in [0.15, 0.2) is 0 Å². The third-order valence-corrected chi connectivity index (χ3v) is 2.40. The van der Waals surface area contributed by atoms with E-state index >= 15 is 0 Å². The molecule has 0 unspecified atom stereocenters. The number of para-hydroxylation sites is 1. The van der Waals surface area contributed by atoms with Crippen molar-refractivity contribution in [2.45, 2.75) is 19.9 Å². The maximum absolute atomic E-state index is 11.0. The Labute approximate surface area is 99.1 Å². The lowest BCUT2D eigenvalue weighted by Gasteiger charge is -2.20. The zero-order valence-electron chi connectivity index (χ0n) is 9.68. The van der Waals surface area contributed by atoms with Crippen molar-refractivity contribution in [1.29, 1.82) is 0 Å². The molecule has 0 fully saturated rings. The molecule has 5 nitrogen and oxygen atoms in total. The van der Waals surface area contributed by atoms with Crippen LogP contribution in [0.1, 0.15) is 24.2 Å². The lowest BCUT2D eigenvalue weighted by molar-refractivity contribution is -0.138. The molecule has 0 aliphatic carbocycles. The Morgan fingerprint density at radius 3 is 2.24 bits per heavy atom. The van der Waals surface area contributed by atoms with Crippen LogP contribution in [0.25, 0.3) is 0 Å². The summed E-state index contributed by atoms with van der Waals surface area (Å²) in [4.78, 5) is 22.0. The highest BCUT2D eigenvalue weighted by Gasteiger charge is 2.22. The largest absolute Gasteiger partial charge is 0.480 e. The van der Waals surface area contributed by atoms with E-state index in [1.165, 1.54) is 6.07 Å². The average Bonchev–Trinajstić information content (AvgIpc) is 2.25. The number of aliphatic carboxylic acids is 1. The summed E-state index contributed by atoms with van der Waals surface area (Å²) >= 11 is 0. The van der Waals surface area contributed by atoms with E-state index in [9.17, 15) is 9.59 Å². The first-order valence-electron chi connectivity index (χ1n) is 5.25. The molecule has 17 heavy (non-hydrogen) atoms. The molecule has 0 saturated heterocycles. The summed E-state index contributed by atoms with van der Waals surface area (Å²) in [5.74, 6) is -2.23. The number of nitrogens with one attached hydrogen (secondary N) is 1. The fraction of sp³-hybridized carbons (Fsp3) is 0.333. The third kappa shape index (κ3) is 3.21. The molecule has 0 amide bonds. The van der Waals surface area contributed by atoms with Gasteiger partial charge in [-0.2, -0.15) is 0 Å². The molecule has 0 radical (unpaired) electrons. The highest BCUT2D eigenvalue weighted by atomic mass is 16.4. The third-order valence-electron chi connectivity index (χ3n) is 2.40. The normalized spacial score (nSPS) is 12.2. The van der Waals surface area contributed by atoms with Gasteiger partial charge >= 0.3 is 11.9 Å². The van der Waals surface area contributed by atoms with Crippen molar-refractivity contribution in [2.24, 2.45) is 5.92 Å². The van der Waals surface area contributed by atoms with Crippen molar-refractivity contribution < 1.29 is 19.8 Å². The van der Waals surface area contributed by atoms with E-state index in [2.05, 4.69) is 5.32 Å². The van der Waals surface area contributed by atoms with E-state index in [4.69, 9.17) is 10.2 Å². The Hall–Kier alpha value is -2.04. The topological polar surface area (TPSA) is 86.6 Å². The average molecular weight is 237 g/mol. The molecule has 92 valence electrons. The van der Waals surface area contributed by atoms with E-state index in [1.54, 1.807) is 32.0 Å². The molecule has 0 aliphatic heterocycles. The van der Waals surface area contributed by atoms with Gasteiger partial charge in [0.05, 0.1) is 5.56 Å². The Bertz CT molecular complexity index is 428. The lowest BCUT2D eigenvalue weighted by atomic mass is 10.0. The zero-order valence-corrected chi connectivity index (χ0v) is 9.68. The van der Waals surface area contributed by atoms with Gasteiger partial charge in [-0.05, 0) is 18.1 Å². The van der Waals surface area contributed by atoms with Gasteiger partial charge in [0.25, 0.3) is 0 Å². The number of benzene rings is 1. The van der Waals surface area contributed by atoms with Gasteiger partial charge in [-0.15, -0.1) is 0 Å². The number of anilines is 1. The van der Waals surface area contributed by atoms with Crippen molar-refractivity contribution in [3.63, 3.8) is 0 Å². The molecular weight excluding hydrogens is 222 g/mol. The molecule has 0 spiro atoms. The molecule has 0 heterocycles. The predicted molar refractivity (Wildman–Crippen MR) is 63.3 cm³/mol. The van der Waals surface area contributed by atoms with Crippen LogP contribution in [0.15, 0.2) is 24.3 Å². The van der Waals surface area contributed by atoms with Gasteiger partial charge in [-0.3, -0.25) is 0 Å². The fourth-order valence-corrected chi connectivity index (χ4v) is 1.48. The van der Waals surface area contributed by atoms with Crippen molar-refractivity contribution in [3.8, 4) is 0 Å². The Kier molecular flexibility index (Phi) is 4.09. The molecule has 0 aromatic heterocycles. The molecule has 1 aromatic carbocycles.